The predicted octanol–water partition coefficient (Wildman–Crippen LogP) is 4.01. The van der Waals surface area contributed by atoms with E-state index in [2.05, 4.69) is 31.8 Å². The number of halogens is 1. The van der Waals surface area contributed by atoms with Gasteiger partial charge in [0.15, 0.2) is 11.5 Å². The van der Waals surface area contributed by atoms with Crippen molar-refractivity contribution < 1.29 is 24.0 Å². The number of amides is 2. The molecule has 2 amide bonds. The maximum atomic E-state index is 12.9. The summed E-state index contributed by atoms with van der Waals surface area (Å²) in [4.78, 5) is 36.0. The summed E-state index contributed by atoms with van der Waals surface area (Å²) in [5, 5.41) is 17.4. The Bertz CT molecular complexity index is 1350. The van der Waals surface area contributed by atoms with E-state index in [9.17, 15) is 19.7 Å². The van der Waals surface area contributed by atoms with Crippen molar-refractivity contribution in [2.45, 2.75) is 0 Å². The van der Waals surface area contributed by atoms with E-state index < -0.39 is 16.7 Å². The topological polar surface area (TPSA) is 132 Å². The highest BCUT2D eigenvalue weighted by Gasteiger charge is 2.17. The summed E-state index contributed by atoms with van der Waals surface area (Å²) < 4.78 is 11.5. The van der Waals surface area contributed by atoms with Gasteiger partial charge in [0.1, 0.15) is 5.70 Å². The van der Waals surface area contributed by atoms with E-state index in [1.807, 2.05) is 0 Å². The van der Waals surface area contributed by atoms with Gasteiger partial charge in [-0.2, -0.15) is 5.10 Å². The van der Waals surface area contributed by atoms with Gasteiger partial charge in [-0.3, -0.25) is 19.7 Å². The number of nitro groups is 1. The molecule has 0 saturated heterocycles. The lowest BCUT2D eigenvalue weighted by Crippen LogP contribution is -2.32. The first kappa shape index (κ1) is 23.6. The Kier molecular flexibility index (Phi) is 7.17. The lowest BCUT2D eigenvalue weighted by molar-refractivity contribution is -0.384. The van der Waals surface area contributed by atoms with Gasteiger partial charge in [-0.15, -0.1) is 0 Å². The van der Waals surface area contributed by atoms with Crippen LogP contribution in [0.25, 0.3) is 6.08 Å². The molecule has 0 aliphatic carbocycles. The van der Waals surface area contributed by atoms with Gasteiger partial charge in [-0.1, -0.05) is 34.1 Å². The summed E-state index contributed by atoms with van der Waals surface area (Å²) in [6, 6.07) is 17.5. The fourth-order valence-electron chi connectivity index (χ4n) is 3.07. The van der Waals surface area contributed by atoms with Crippen molar-refractivity contribution in [3.05, 3.63) is 104 Å². The number of carbonyl (C=O) groups is 2. The van der Waals surface area contributed by atoms with Crippen LogP contribution in [0.15, 0.2) is 82.0 Å². The second-order valence-electron chi connectivity index (χ2n) is 7.18. The third-order valence-electron chi connectivity index (χ3n) is 4.77. The Morgan fingerprint density at radius 2 is 1.77 bits per heavy atom. The van der Waals surface area contributed by atoms with Gasteiger partial charge in [-0.25, -0.2) is 5.43 Å². The van der Waals surface area contributed by atoms with E-state index >= 15 is 0 Å². The molecule has 4 rings (SSSR count). The third-order valence-corrected chi connectivity index (χ3v) is 5.30. The van der Waals surface area contributed by atoms with Gasteiger partial charge in [0.2, 0.25) is 6.79 Å². The summed E-state index contributed by atoms with van der Waals surface area (Å²) in [5.74, 6) is -0.104. The minimum atomic E-state index is -0.699. The van der Waals surface area contributed by atoms with Crippen LogP contribution >= 0.6 is 15.9 Å². The molecule has 0 unspecified atom stereocenters. The number of fused-ring (bicyclic) bond motifs is 1. The van der Waals surface area contributed by atoms with Crippen LogP contribution in [0, 0.1) is 10.1 Å². The second-order valence-corrected chi connectivity index (χ2v) is 8.10. The molecule has 0 fully saturated rings. The van der Waals surface area contributed by atoms with E-state index in [0.717, 1.165) is 4.47 Å². The van der Waals surface area contributed by atoms with Crippen LogP contribution in [-0.4, -0.2) is 29.7 Å². The lowest BCUT2D eigenvalue weighted by atomic mass is 10.1. The third kappa shape index (κ3) is 6.09. The maximum Gasteiger partial charge on any atom is 0.287 e. The highest BCUT2D eigenvalue weighted by Crippen LogP contribution is 2.33. The molecule has 0 atom stereocenters. The van der Waals surface area contributed by atoms with Crippen LogP contribution in [0.1, 0.15) is 21.5 Å². The van der Waals surface area contributed by atoms with Crippen LogP contribution in [0.3, 0.4) is 0 Å². The molecule has 0 radical (unpaired) electrons. The molecule has 35 heavy (non-hydrogen) atoms. The van der Waals surface area contributed by atoms with Gasteiger partial charge in [0.25, 0.3) is 17.5 Å². The zero-order valence-corrected chi connectivity index (χ0v) is 19.5. The molecule has 1 aliphatic heterocycles. The normalized spacial score (nSPS) is 12.4. The largest absolute Gasteiger partial charge is 0.454 e. The Labute approximate surface area is 207 Å². The standard InChI is InChI=1S/C24H17BrN4O6/c25-18-7-5-17(6-8-18)23(30)27-20(11-15-4-9-21-22(12-15)35-14-34-21)24(31)28-26-13-16-2-1-3-19(10-16)29(32)33/h1-13H,14H2,(H,27,30)(H,28,31)/b20-11-,26-13-. The number of carbonyl (C=O) groups excluding carboxylic acids is 2. The molecule has 0 saturated carbocycles. The molecule has 0 aromatic heterocycles. The minimum absolute atomic E-state index is 0.0759. The molecule has 0 bridgehead atoms. The number of nitrogens with one attached hydrogen (secondary N) is 2. The second kappa shape index (κ2) is 10.6. The SMILES string of the molecule is O=C(N/N=C\c1cccc([N+](=O)[O-])c1)/C(=C/c1ccc2c(c1)OCO2)NC(=O)c1ccc(Br)cc1. The zero-order valence-electron chi connectivity index (χ0n) is 17.9. The molecular formula is C24H17BrN4O6. The first-order valence-corrected chi connectivity index (χ1v) is 10.9. The predicted molar refractivity (Wildman–Crippen MR) is 131 cm³/mol. The number of nitro benzene ring substituents is 1. The minimum Gasteiger partial charge on any atom is -0.454 e. The van der Waals surface area contributed by atoms with E-state index in [4.69, 9.17) is 9.47 Å². The summed E-state index contributed by atoms with van der Waals surface area (Å²) in [6.07, 6.45) is 2.73. The average molecular weight is 537 g/mol. The number of ether oxygens (including phenoxy) is 2. The van der Waals surface area contributed by atoms with Gasteiger partial charge >= 0.3 is 0 Å². The number of hydrogen-bond acceptors (Lipinski definition) is 7. The Balaban J connectivity index is 1.56. The zero-order chi connectivity index (χ0) is 24.8. The van der Waals surface area contributed by atoms with Crippen LogP contribution in [0.2, 0.25) is 0 Å². The highest BCUT2D eigenvalue weighted by atomic mass is 79.9. The molecule has 3 aromatic rings. The molecule has 3 aromatic carbocycles. The molecule has 1 heterocycles. The highest BCUT2D eigenvalue weighted by molar-refractivity contribution is 9.10. The number of hydrogen-bond donors (Lipinski definition) is 2. The van der Waals surface area contributed by atoms with E-state index in [-0.39, 0.29) is 18.2 Å². The number of non-ortho nitro benzene ring substituents is 1. The molecule has 10 nitrogen and oxygen atoms in total. The fraction of sp³-hybridized carbons (Fsp3) is 0.0417. The van der Waals surface area contributed by atoms with Crippen molar-refractivity contribution in [2.75, 3.05) is 6.79 Å². The van der Waals surface area contributed by atoms with E-state index in [1.54, 1.807) is 48.5 Å². The average Bonchev–Trinajstić information content (AvgIpc) is 3.32. The van der Waals surface area contributed by atoms with Crippen molar-refractivity contribution in [3.63, 3.8) is 0 Å². The number of hydrazone groups is 1. The van der Waals surface area contributed by atoms with E-state index in [1.165, 1.54) is 30.5 Å². The first-order chi connectivity index (χ1) is 16.9. The lowest BCUT2D eigenvalue weighted by Gasteiger charge is -2.09. The Morgan fingerprint density at radius 1 is 1.00 bits per heavy atom. The quantitative estimate of drug-likeness (QED) is 0.203. The van der Waals surface area contributed by atoms with Crippen LogP contribution in [0.4, 0.5) is 5.69 Å². The van der Waals surface area contributed by atoms with Crippen LogP contribution in [-0.2, 0) is 4.79 Å². The first-order valence-electron chi connectivity index (χ1n) is 10.2. The van der Waals surface area contributed by atoms with Crippen molar-refractivity contribution >= 4 is 45.7 Å². The molecule has 2 N–H and O–H groups in total. The van der Waals surface area contributed by atoms with Crippen LogP contribution < -0.4 is 20.2 Å². The molecule has 176 valence electrons. The van der Waals surface area contributed by atoms with Gasteiger partial charge in [0.05, 0.1) is 11.1 Å². The smallest absolute Gasteiger partial charge is 0.287 e. The van der Waals surface area contributed by atoms with Crippen molar-refractivity contribution in [1.29, 1.82) is 0 Å². The number of benzene rings is 3. The van der Waals surface area contributed by atoms with Crippen LogP contribution in [0.5, 0.6) is 11.5 Å². The van der Waals surface area contributed by atoms with Crippen molar-refractivity contribution in [1.82, 2.24) is 10.7 Å². The van der Waals surface area contributed by atoms with Gasteiger partial charge in [-0.05, 0) is 48.0 Å². The summed E-state index contributed by atoms with van der Waals surface area (Å²) in [6.45, 7) is 0.0997. The van der Waals surface area contributed by atoms with Gasteiger partial charge < -0.3 is 14.8 Å². The van der Waals surface area contributed by atoms with Crippen molar-refractivity contribution in [3.8, 4) is 11.5 Å². The molecular weight excluding hydrogens is 520 g/mol. The van der Waals surface area contributed by atoms with E-state index in [0.29, 0.717) is 28.2 Å². The molecule has 1 aliphatic rings. The molecule has 0 spiro atoms. The summed E-state index contributed by atoms with van der Waals surface area (Å²) in [5.41, 5.74) is 3.49. The van der Waals surface area contributed by atoms with Gasteiger partial charge in [0, 0.05) is 27.7 Å². The Morgan fingerprint density at radius 3 is 2.54 bits per heavy atom. The Hall–Kier alpha value is -4.51. The molecule has 11 heteroatoms. The fourth-order valence-corrected chi connectivity index (χ4v) is 3.33. The monoisotopic (exact) mass is 536 g/mol. The maximum absolute atomic E-state index is 12.9. The van der Waals surface area contributed by atoms with Crippen molar-refractivity contribution in [2.24, 2.45) is 5.10 Å². The number of nitrogens with zero attached hydrogens (tertiary/aromatic N) is 2. The summed E-state index contributed by atoms with van der Waals surface area (Å²) in [7, 11) is 0. The number of rotatable bonds is 7. The summed E-state index contributed by atoms with van der Waals surface area (Å²) >= 11 is 3.31.